The van der Waals surface area contributed by atoms with E-state index in [4.69, 9.17) is 0 Å². The van der Waals surface area contributed by atoms with Gasteiger partial charge in [-0.25, -0.2) is 0 Å². The van der Waals surface area contributed by atoms with E-state index in [1.165, 1.54) is 11.1 Å². The summed E-state index contributed by atoms with van der Waals surface area (Å²) in [6.45, 7) is 8.18. The highest BCUT2D eigenvalue weighted by Crippen LogP contribution is 2.16. The Kier molecular flexibility index (Phi) is 1.60. The zero-order valence-corrected chi connectivity index (χ0v) is 6.07. The molecule has 0 bridgehead atoms. The lowest BCUT2D eigenvalue weighted by Gasteiger charge is -2.20. The van der Waals surface area contributed by atoms with Crippen molar-refractivity contribution in [3.8, 4) is 0 Å². The number of hydrogen-bond donors (Lipinski definition) is 1. The van der Waals surface area contributed by atoms with Gasteiger partial charge in [-0.3, -0.25) is 0 Å². The van der Waals surface area contributed by atoms with Crippen LogP contribution in [0.2, 0.25) is 0 Å². The van der Waals surface area contributed by atoms with E-state index in [-0.39, 0.29) is 0 Å². The number of nitrogens with one attached hydrogen (secondary N) is 1. The van der Waals surface area contributed by atoms with Crippen molar-refractivity contribution in [3.63, 3.8) is 0 Å². The molecule has 0 saturated carbocycles. The second-order valence-electron chi connectivity index (χ2n) is 2.70. The molecule has 1 N–H and O–H groups in total. The number of hydrogen-bond acceptors (Lipinski definition) is 1. The van der Waals surface area contributed by atoms with Crippen molar-refractivity contribution in [3.05, 3.63) is 23.9 Å². The molecule has 0 amide bonds. The summed E-state index contributed by atoms with van der Waals surface area (Å²) >= 11 is 0. The molecule has 0 aromatic carbocycles. The molecule has 0 spiro atoms. The lowest BCUT2D eigenvalue weighted by atomic mass is 10.00. The van der Waals surface area contributed by atoms with Crippen LogP contribution in [0.5, 0.6) is 0 Å². The summed E-state index contributed by atoms with van der Waals surface area (Å²) in [5, 5.41) is 3.24. The Balaban J connectivity index is 2.68. The van der Waals surface area contributed by atoms with Crippen LogP contribution in [0, 0.1) is 0 Å². The van der Waals surface area contributed by atoms with Gasteiger partial charge in [0, 0.05) is 6.04 Å². The maximum Gasteiger partial charge on any atom is 0.0267 e. The van der Waals surface area contributed by atoms with Crippen LogP contribution in [0.25, 0.3) is 0 Å². The Morgan fingerprint density at radius 1 is 1.78 bits per heavy atom. The van der Waals surface area contributed by atoms with Crippen molar-refractivity contribution >= 4 is 0 Å². The lowest BCUT2D eigenvalue weighted by molar-refractivity contribution is 0.612. The summed E-state index contributed by atoms with van der Waals surface area (Å²) in [4.78, 5) is 0. The van der Waals surface area contributed by atoms with Gasteiger partial charge in [-0.15, -0.1) is 0 Å². The molecule has 0 fully saturated rings. The summed E-state index contributed by atoms with van der Waals surface area (Å²) in [6, 6.07) is 0.571. The third kappa shape index (κ3) is 1.35. The van der Waals surface area contributed by atoms with E-state index < -0.39 is 0 Å². The molecule has 50 valence electrons. The Bertz CT molecular complexity index is 156. The summed E-state index contributed by atoms with van der Waals surface area (Å²) < 4.78 is 0. The topological polar surface area (TPSA) is 12.0 Å². The predicted molar refractivity (Wildman–Crippen MR) is 40.1 cm³/mol. The molecule has 0 aromatic rings. The molecule has 0 aromatic heterocycles. The predicted octanol–water partition coefficient (Wildman–Crippen LogP) is 1.83. The van der Waals surface area contributed by atoms with Crippen molar-refractivity contribution in [2.75, 3.05) is 0 Å². The molecule has 0 radical (unpaired) electrons. The molecule has 0 saturated heterocycles. The maximum absolute atomic E-state index is 3.94. The summed E-state index contributed by atoms with van der Waals surface area (Å²) in [5.41, 5.74) is 2.55. The van der Waals surface area contributed by atoms with Gasteiger partial charge in [-0.1, -0.05) is 6.58 Å². The second-order valence-corrected chi connectivity index (χ2v) is 2.70. The number of allylic oxidation sites excluding steroid dienone is 1. The van der Waals surface area contributed by atoms with E-state index in [2.05, 4.69) is 25.7 Å². The fraction of sp³-hybridized carbons (Fsp3) is 0.500. The SMILES string of the molecule is C=C1CC(C)NC=C1C. The van der Waals surface area contributed by atoms with Crippen LogP contribution in [0.3, 0.4) is 0 Å². The van der Waals surface area contributed by atoms with Gasteiger partial charge in [0.1, 0.15) is 0 Å². The Morgan fingerprint density at radius 2 is 2.44 bits per heavy atom. The molecular weight excluding hydrogens is 110 g/mol. The minimum atomic E-state index is 0.571. The van der Waals surface area contributed by atoms with E-state index in [9.17, 15) is 0 Å². The molecular formula is C8H13N. The molecule has 1 heterocycles. The lowest BCUT2D eigenvalue weighted by Crippen LogP contribution is -2.25. The second kappa shape index (κ2) is 2.26. The first-order valence-corrected chi connectivity index (χ1v) is 3.31. The fourth-order valence-electron chi connectivity index (χ4n) is 0.959. The van der Waals surface area contributed by atoms with E-state index in [0.29, 0.717) is 6.04 Å². The minimum absolute atomic E-state index is 0.571. The van der Waals surface area contributed by atoms with Crippen molar-refractivity contribution in [2.45, 2.75) is 26.3 Å². The molecule has 0 aliphatic carbocycles. The van der Waals surface area contributed by atoms with Crippen molar-refractivity contribution in [2.24, 2.45) is 0 Å². The third-order valence-electron chi connectivity index (χ3n) is 1.69. The average molecular weight is 123 g/mol. The monoisotopic (exact) mass is 123 g/mol. The van der Waals surface area contributed by atoms with E-state index in [1.54, 1.807) is 0 Å². The van der Waals surface area contributed by atoms with Gasteiger partial charge in [0.25, 0.3) is 0 Å². The van der Waals surface area contributed by atoms with Crippen LogP contribution in [0.1, 0.15) is 20.3 Å². The zero-order chi connectivity index (χ0) is 6.85. The third-order valence-corrected chi connectivity index (χ3v) is 1.69. The summed E-state index contributed by atoms with van der Waals surface area (Å²) in [6.07, 6.45) is 3.12. The first kappa shape index (κ1) is 6.40. The number of rotatable bonds is 0. The van der Waals surface area contributed by atoms with Gasteiger partial charge < -0.3 is 5.32 Å². The highest BCUT2D eigenvalue weighted by Gasteiger charge is 2.08. The van der Waals surface area contributed by atoms with Crippen molar-refractivity contribution in [1.29, 1.82) is 0 Å². The average Bonchev–Trinajstić information content (AvgIpc) is 1.80. The van der Waals surface area contributed by atoms with E-state index in [1.807, 2.05) is 6.20 Å². The fourth-order valence-corrected chi connectivity index (χ4v) is 0.959. The van der Waals surface area contributed by atoms with Crippen molar-refractivity contribution < 1.29 is 0 Å². The zero-order valence-electron chi connectivity index (χ0n) is 6.07. The van der Waals surface area contributed by atoms with Gasteiger partial charge in [-0.2, -0.15) is 0 Å². The van der Waals surface area contributed by atoms with Gasteiger partial charge in [0.15, 0.2) is 0 Å². The van der Waals surface area contributed by atoms with Crippen LogP contribution in [0.15, 0.2) is 23.9 Å². The largest absolute Gasteiger partial charge is 0.388 e. The molecule has 1 aliphatic rings. The molecule has 1 heteroatoms. The van der Waals surface area contributed by atoms with Crippen LogP contribution in [-0.2, 0) is 0 Å². The highest BCUT2D eigenvalue weighted by atomic mass is 14.9. The minimum Gasteiger partial charge on any atom is -0.388 e. The first-order chi connectivity index (χ1) is 4.20. The van der Waals surface area contributed by atoms with Gasteiger partial charge >= 0.3 is 0 Å². The van der Waals surface area contributed by atoms with Gasteiger partial charge in [0.05, 0.1) is 0 Å². The van der Waals surface area contributed by atoms with Crippen LogP contribution in [-0.4, -0.2) is 6.04 Å². The summed E-state index contributed by atoms with van der Waals surface area (Å²) in [5.74, 6) is 0. The molecule has 1 nitrogen and oxygen atoms in total. The molecule has 1 atom stereocenters. The van der Waals surface area contributed by atoms with Crippen LogP contribution >= 0.6 is 0 Å². The van der Waals surface area contributed by atoms with E-state index >= 15 is 0 Å². The molecule has 1 unspecified atom stereocenters. The molecule has 9 heavy (non-hydrogen) atoms. The normalized spacial score (nSPS) is 27.1. The quantitative estimate of drug-likeness (QED) is 0.518. The Morgan fingerprint density at radius 3 is 2.89 bits per heavy atom. The standard InChI is InChI=1S/C8H13N/c1-6-4-8(3)9-5-7(6)2/h5,8-9H,1,4H2,2-3H3. The Hall–Kier alpha value is -0.720. The van der Waals surface area contributed by atoms with Gasteiger partial charge in [0.2, 0.25) is 0 Å². The smallest absolute Gasteiger partial charge is 0.0267 e. The first-order valence-electron chi connectivity index (χ1n) is 3.31. The summed E-state index contributed by atoms with van der Waals surface area (Å²) in [7, 11) is 0. The van der Waals surface area contributed by atoms with Crippen molar-refractivity contribution in [1.82, 2.24) is 5.32 Å². The maximum atomic E-state index is 3.94. The molecule has 1 aliphatic heterocycles. The Labute approximate surface area is 56.5 Å². The van der Waals surface area contributed by atoms with E-state index in [0.717, 1.165) is 6.42 Å². The highest BCUT2D eigenvalue weighted by molar-refractivity contribution is 5.28. The van der Waals surface area contributed by atoms with Crippen LogP contribution in [0.4, 0.5) is 0 Å². The van der Waals surface area contributed by atoms with Gasteiger partial charge in [-0.05, 0) is 37.6 Å². The van der Waals surface area contributed by atoms with Crippen LogP contribution < -0.4 is 5.32 Å². The molecule has 1 rings (SSSR count).